The van der Waals surface area contributed by atoms with E-state index < -0.39 is 0 Å². The first kappa shape index (κ1) is 14.7. The van der Waals surface area contributed by atoms with Crippen molar-refractivity contribution in [3.8, 4) is 0 Å². The van der Waals surface area contributed by atoms with Crippen LogP contribution in [0.2, 0.25) is 0 Å². The van der Waals surface area contributed by atoms with Crippen molar-refractivity contribution >= 4 is 5.91 Å². The average Bonchev–Trinajstić information content (AvgIpc) is 2.64. The minimum Gasteiger partial charge on any atom is -0.385 e. The molecule has 18 heavy (non-hydrogen) atoms. The summed E-state index contributed by atoms with van der Waals surface area (Å²) in [5.74, 6) is 0.00708. The van der Waals surface area contributed by atoms with Crippen LogP contribution in [0.4, 0.5) is 0 Å². The van der Waals surface area contributed by atoms with E-state index in [9.17, 15) is 4.79 Å². The van der Waals surface area contributed by atoms with Crippen molar-refractivity contribution in [2.45, 2.75) is 19.9 Å². The predicted molar refractivity (Wildman–Crippen MR) is 69.2 cm³/mol. The molecule has 0 aromatic carbocycles. The third kappa shape index (κ3) is 5.29. The smallest absolute Gasteiger partial charge is 0.233 e. The van der Waals surface area contributed by atoms with Crippen molar-refractivity contribution in [2.24, 2.45) is 7.05 Å². The minimum absolute atomic E-state index is 0.00708. The first-order chi connectivity index (χ1) is 8.63. The van der Waals surface area contributed by atoms with Crippen LogP contribution in [0, 0.1) is 6.92 Å². The molecule has 0 unspecified atom stereocenters. The number of methoxy groups -OCH3 is 1. The predicted octanol–water partition coefficient (Wildman–Crippen LogP) is -0.0292. The van der Waals surface area contributed by atoms with E-state index in [1.54, 1.807) is 11.8 Å². The van der Waals surface area contributed by atoms with E-state index in [1.807, 2.05) is 20.2 Å². The maximum Gasteiger partial charge on any atom is 0.233 e. The summed E-state index contributed by atoms with van der Waals surface area (Å²) >= 11 is 0. The van der Waals surface area contributed by atoms with Gasteiger partial charge >= 0.3 is 0 Å². The topological polar surface area (TPSA) is 68.2 Å². The number of hydrogen-bond donors (Lipinski definition) is 2. The van der Waals surface area contributed by atoms with Crippen molar-refractivity contribution in [3.05, 3.63) is 17.5 Å². The van der Waals surface area contributed by atoms with E-state index in [4.69, 9.17) is 4.74 Å². The summed E-state index contributed by atoms with van der Waals surface area (Å²) in [5.41, 5.74) is 2.11. The van der Waals surface area contributed by atoms with Gasteiger partial charge in [0.25, 0.3) is 0 Å². The number of rotatable bonds is 8. The molecule has 1 aromatic rings. The fourth-order valence-corrected chi connectivity index (χ4v) is 1.64. The quantitative estimate of drug-likeness (QED) is 0.639. The highest BCUT2D eigenvalue weighted by atomic mass is 16.5. The van der Waals surface area contributed by atoms with Gasteiger partial charge in [0.1, 0.15) is 0 Å². The van der Waals surface area contributed by atoms with E-state index in [0.29, 0.717) is 26.2 Å². The lowest BCUT2D eigenvalue weighted by Crippen LogP contribution is -2.34. The molecule has 1 rings (SSSR count). The van der Waals surface area contributed by atoms with E-state index in [-0.39, 0.29) is 5.91 Å². The van der Waals surface area contributed by atoms with Crippen LogP contribution in [0.1, 0.15) is 17.7 Å². The number of carbonyl (C=O) groups excluding carboxylic acids is 1. The standard InChI is InChI=1S/C12H22N4O2/c1-10-11(9-16(2)15-10)7-13-8-12(17)14-5-4-6-18-3/h9,13H,4-8H2,1-3H3,(H,14,17). The lowest BCUT2D eigenvalue weighted by molar-refractivity contribution is -0.120. The molecule has 2 N–H and O–H groups in total. The molecule has 0 fully saturated rings. The van der Waals surface area contributed by atoms with Crippen molar-refractivity contribution in [1.82, 2.24) is 20.4 Å². The third-order valence-corrected chi connectivity index (χ3v) is 2.56. The Morgan fingerprint density at radius 2 is 2.33 bits per heavy atom. The van der Waals surface area contributed by atoms with E-state index in [2.05, 4.69) is 15.7 Å². The number of hydrogen-bond acceptors (Lipinski definition) is 4. The molecule has 6 heteroatoms. The van der Waals surface area contributed by atoms with Crippen LogP contribution in [0.3, 0.4) is 0 Å². The molecule has 1 heterocycles. The molecule has 0 aliphatic rings. The van der Waals surface area contributed by atoms with Crippen molar-refractivity contribution in [3.63, 3.8) is 0 Å². The van der Waals surface area contributed by atoms with Crippen LogP contribution in [0.25, 0.3) is 0 Å². The van der Waals surface area contributed by atoms with Crippen LogP contribution in [0.15, 0.2) is 6.20 Å². The van der Waals surface area contributed by atoms with Gasteiger partial charge in [-0.15, -0.1) is 0 Å². The number of amides is 1. The highest BCUT2D eigenvalue weighted by molar-refractivity contribution is 5.77. The monoisotopic (exact) mass is 254 g/mol. The summed E-state index contributed by atoms with van der Waals surface area (Å²) in [7, 11) is 3.54. The molecule has 0 atom stereocenters. The minimum atomic E-state index is 0.00708. The van der Waals surface area contributed by atoms with E-state index in [1.165, 1.54) is 0 Å². The second-order valence-corrected chi connectivity index (χ2v) is 4.21. The third-order valence-electron chi connectivity index (χ3n) is 2.56. The highest BCUT2D eigenvalue weighted by Crippen LogP contribution is 2.03. The van der Waals surface area contributed by atoms with Crippen LogP contribution in [-0.2, 0) is 23.1 Å². The maximum atomic E-state index is 11.5. The fraction of sp³-hybridized carbons (Fsp3) is 0.667. The maximum absolute atomic E-state index is 11.5. The van der Waals surface area contributed by atoms with Crippen LogP contribution < -0.4 is 10.6 Å². The fourth-order valence-electron chi connectivity index (χ4n) is 1.64. The molecule has 0 saturated carbocycles. The Morgan fingerprint density at radius 3 is 2.94 bits per heavy atom. The Bertz CT molecular complexity index is 376. The zero-order chi connectivity index (χ0) is 13.4. The SMILES string of the molecule is COCCCNC(=O)CNCc1cn(C)nc1C. The molecule has 1 amide bonds. The number of ether oxygens (including phenoxy) is 1. The Labute approximate surface area is 108 Å². The molecule has 6 nitrogen and oxygen atoms in total. The van der Waals surface area contributed by atoms with Gasteiger partial charge in [-0.3, -0.25) is 9.48 Å². The number of aromatic nitrogens is 2. The van der Waals surface area contributed by atoms with Gasteiger partial charge < -0.3 is 15.4 Å². The normalized spacial score (nSPS) is 10.6. The summed E-state index contributed by atoms with van der Waals surface area (Å²) in [5, 5.41) is 10.2. The second-order valence-electron chi connectivity index (χ2n) is 4.21. The van der Waals surface area contributed by atoms with Gasteiger partial charge in [-0.2, -0.15) is 5.10 Å². The second kappa shape index (κ2) is 7.84. The molecular formula is C12H22N4O2. The molecule has 1 aromatic heterocycles. The number of nitrogens with one attached hydrogen (secondary N) is 2. The number of carbonyl (C=O) groups is 1. The summed E-state index contributed by atoms with van der Waals surface area (Å²) in [4.78, 5) is 11.5. The van der Waals surface area contributed by atoms with Gasteiger partial charge in [-0.05, 0) is 13.3 Å². The van der Waals surface area contributed by atoms with Gasteiger partial charge in [-0.1, -0.05) is 0 Å². The van der Waals surface area contributed by atoms with Crippen molar-refractivity contribution in [2.75, 3.05) is 26.8 Å². The molecule has 0 bridgehead atoms. The Morgan fingerprint density at radius 1 is 1.56 bits per heavy atom. The zero-order valence-corrected chi connectivity index (χ0v) is 11.3. The lowest BCUT2D eigenvalue weighted by atomic mass is 10.2. The number of nitrogens with zero attached hydrogens (tertiary/aromatic N) is 2. The van der Waals surface area contributed by atoms with Gasteiger partial charge in [0.15, 0.2) is 0 Å². The lowest BCUT2D eigenvalue weighted by Gasteiger charge is -2.06. The summed E-state index contributed by atoms with van der Waals surface area (Å²) in [6.45, 7) is 4.26. The molecule has 0 saturated heterocycles. The molecule has 0 spiro atoms. The Balaban J connectivity index is 2.13. The van der Waals surface area contributed by atoms with Gasteiger partial charge in [0.2, 0.25) is 5.91 Å². The van der Waals surface area contributed by atoms with Gasteiger partial charge in [0, 0.05) is 45.6 Å². The Kier molecular flexibility index (Phi) is 6.38. The van der Waals surface area contributed by atoms with Crippen LogP contribution >= 0.6 is 0 Å². The largest absolute Gasteiger partial charge is 0.385 e. The van der Waals surface area contributed by atoms with Gasteiger partial charge in [-0.25, -0.2) is 0 Å². The molecule has 0 aliphatic heterocycles. The molecule has 0 aliphatic carbocycles. The van der Waals surface area contributed by atoms with Gasteiger partial charge in [0.05, 0.1) is 12.2 Å². The number of aryl methyl sites for hydroxylation is 2. The molecular weight excluding hydrogens is 232 g/mol. The molecule has 0 radical (unpaired) electrons. The summed E-state index contributed by atoms with van der Waals surface area (Å²) in [6.07, 6.45) is 2.79. The Hall–Kier alpha value is -1.40. The highest BCUT2D eigenvalue weighted by Gasteiger charge is 2.04. The van der Waals surface area contributed by atoms with Crippen molar-refractivity contribution in [1.29, 1.82) is 0 Å². The van der Waals surface area contributed by atoms with E-state index in [0.717, 1.165) is 17.7 Å². The molecule has 102 valence electrons. The summed E-state index contributed by atoms with van der Waals surface area (Å²) < 4.78 is 6.68. The first-order valence-corrected chi connectivity index (χ1v) is 6.09. The zero-order valence-electron chi connectivity index (χ0n) is 11.3. The van der Waals surface area contributed by atoms with E-state index >= 15 is 0 Å². The van der Waals surface area contributed by atoms with Crippen LogP contribution in [0.5, 0.6) is 0 Å². The van der Waals surface area contributed by atoms with Crippen molar-refractivity contribution < 1.29 is 9.53 Å². The van der Waals surface area contributed by atoms with Crippen LogP contribution in [-0.4, -0.2) is 42.5 Å². The average molecular weight is 254 g/mol. The summed E-state index contributed by atoms with van der Waals surface area (Å²) in [6, 6.07) is 0. The first-order valence-electron chi connectivity index (χ1n) is 6.09.